The number of ether oxygens (including phenoxy) is 2. The summed E-state index contributed by atoms with van der Waals surface area (Å²) >= 11 is 1.22. The number of benzene rings is 2. The van der Waals surface area contributed by atoms with Crippen LogP contribution in [0.5, 0.6) is 11.5 Å². The quantitative estimate of drug-likeness (QED) is 0.523. The summed E-state index contributed by atoms with van der Waals surface area (Å²) in [5.74, 6) is 0.436. The molecule has 0 bridgehead atoms. The van der Waals surface area contributed by atoms with Gasteiger partial charge in [0.15, 0.2) is 0 Å². The molecule has 4 rings (SSSR count). The van der Waals surface area contributed by atoms with Gasteiger partial charge in [-0.05, 0) is 67.8 Å². The molecule has 1 saturated heterocycles. The molecule has 0 radical (unpaired) electrons. The van der Waals surface area contributed by atoms with Gasteiger partial charge in [-0.15, -0.1) is 11.3 Å². The van der Waals surface area contributed by atoms with E-state index in [1.807, 2.05) is 30.0 Å². The van der Waals surface area contributed by atoms with Gasteiger partial charge in [-0.25, -0.2) is 4.39 Å². The summed E-state index contributed by atoms with van der Waals surface area (Å²) in [7, 11) is 3.22. The summed E-state index contributed by atoms with van der Waals surface area (Å²) in [6.45, 7) is 2.48. The third-order valence-corrected chi connectivity index (χ3v) is 6.89. The maximum absolute atomic E-state index is 13.5. The molecule has 1 atom stereocenters. The Morgan fingerprint density at radius 3 is 2.67 bits per heavy atom. The van der Waals surface area contributed by atoms with Crippen LogP contribution < -0.4 is 14.8 Å². The van der Waals surface area contributed by atoms with Crippen molar-refractivity contribution in [1.29, 1.82) is 0 Å². The Balaban J connectivity index is 1.57. The number of anilines is 1. The number of carbonyl (C=O) groups is 2. The van der Waals surface area contributed by atoms with Crippen molar-refractivity contribution in [3.63, 3.8) is 0 Å². The summed E-state index contributed by atoms with van der Waals surface area (Å²) in [5.41, 5.74) is 1.91. The van der Waals surface area contributed by atoms with Crippen LogP contribution in [0.4, 0.5) is 9.39 Å². The van der Waals surface area contributed by atoms with Crippen LogP contribution in [-0.2, 0) is 0 Å². The predicted octanol–water partition coefficient (Wildman–Crippen LogP) is 5.44. The van der Waals surface area contributed by atoms with E-state index in [-0.39, 0.29) is 17.5 Å². The number of likely N-dealkylation sites (tertiary alicyclic amines) is 1. The molecule has 1 unspecified atom stereocenters. The first kappa shape index (κ1) is 22.8. The van der Waals surface area contributed by atoms with E-state index >= 15 is 0 Å². The summed E-state index contributed by atoms with van der Waals surface area (Å²) in [6.07, 6.45) is 1.70. The molecule has 33 heavy (non-hydrogen) atoms. The lowest BCUT2D eigenvalue weighted by atomic mass is 10.0. The van der Waals surface area contributed by atoms with Gasteiger partial charge in [0.2, 0.25) is 0 Å². The van der Waals surface area contributed by atoms with Crippen molar-refractivity contribution >= 4 is 28.2 Å². The zero-order chi connectivity index (χ0) is 23.5. The van der Waals surface area contributed by atoms with Crippen molar-refractivity contribution in [2.24, 2.45) is 0 Å². The number of hydrogen-bond acceptors (Lipinski definition) is 5. The first-order valence-corrected chi connectivity index (χ1v) is 11.4. The van der Waals surface area contributed by atoms with Gasteiger partial charge in [-0.3, -0.25) is 9.59 Å². The second-order valence-electron chi connectivity index (χ2n) is 7.85. The van der Waals surface area contributed by atoms with E-state index < -0.39 is 11.7 Å². The highest BCUT2D eigenvalue weighted by Crippen LogP contribution is 2.41. The van der Waals surface area contributed by atoms with Gasteiger partial charge in [0.1, 0.15) is 17.3 Å². The molecule has 2 heterocycles. The maximum atomic E-state index is 13.5. The molecule has 2 aromatic carbocycles. The molecular weight excluding hydrogens is 443 g/mol. The maximum Gasteiger partial charge on any atom is 0.264 e. The number of aryl methyl sites for hydroxylation is 1. The molecule has 172 valence electrons. The zero-order valence-electron chi connectivity index (χ0n) is 18.7. The third-order valence-electron chi connectivity index (χ3n) is 5.75. The Morgan fingerprint density at radius 2 is 1.94 bits per heavy atom. The van der Waals surface area contributed by atoms with Gasteiger partial charge in [-0.1, -0.05) is 6.07 Å². The van der Waals surface area contributed by atoms with Gasteiger partial charge in [0.05, 0.1) is 30.1 Å². The van der Waals surface area contributed by atoms with Crippen molar-refractivity contribution in [3.8, 4) is 11.5 Å². The lowest BCUT2D eigenvalue weighted by Gasteiger charge is -2.26. The van der Waals surface area contributed by atoms with Crippen LogP contribution in [0.3, 0.4) is 0 Å². The summed E-state index contributed by atoms with van der Waals surface area (Å²) < 4.78 is 24.4. The smallest absolute Gasteiger partial charge is 0.264 e. The highest BCUT2D eigenvalue weighted by Gasteiger charge is 2.34. The van der Waals surface area contributed by atoms with Crippen LogP contribution in [-0.4, -0.2) is 37.5 Å². The Morgan fingerprint density at radius 1 is 1.12 bits per heavy atom. The molecule has 3 aromatic rings. The number of methoxy groups -OCH3 is 2. The lowest BCUT2D eigenvalue weighted by molar-refractivity contribution is 0.0738. The molecule has 1 fully saturated rings. The second kappa shape index (κ2) is 9.62. The average molecular weight is 469 g/mol. The standard InChI is InChI=1S/C25H25FN2O4S/c1-15-12-22(27-24(29)16-6-4-7-17(26)13-16)33-23(15)25(30)28-11-5-8-20(28)19-14-18(31-2)9-10-21(19)32-3/h4,6-7,9-10,12-14,20H,5,8,11H2,1-3H3,(H,27,29). The minimum atomic E-state index is -0.478. The number of thiophene rings is 1. The number of nitrogens with one attached hydrogen (secondary N) is 1. The molecule has 1 aliphatic rings. The van der Waals surface area contributed by atoms with Crippen LogP contribution in [0.2, 0.25) is 0 Å². The first-order valence-electron chi connectivity index (χ1n) is 10.6. The van der Waals surface area contributed by atoms with E-state index in [1.54, 1.807) is 26.4 Å². The Kier molecular flexibility index (Phi) is 6.65. The van der Waals surface area contributed by atoms with E-state index in [9.17, 15) is 14.0 Å². The van der Waals surface area contributed by atoms with Crippen molar-refractivity contribution in [2.45, 2.75) is 25.8 Å². The fourth-order valence-electron chi connectivity index (χ4n) is 4.13. The van der Waals surface area contributed by atoms with Crippen LogP contribution in [0, 0.1) is 12.7 Å². The van der Waals surface area contributed by atoms with Gasteiger partial charge < -0.3 is 19.7 Å². The highest BCUT2D eigenvalue weighted by atomic mass is 32.1. The molecule has 1 aromatic heterocycles. The molecule has 1 aliphatic heterocycles. The van der Waals surface area contributed by atoms with Crippen LogP contribution in [0.1, 0.15) is 50.0 Å². The largest absolute Gasteiger partial charge is 0.497 e. The van der Waals surface area contributed by atoms with Crippen molar-refractivity contribution in [2.75, 3.05) is 26.1 Å². The van der Waals surface area contributed by atoms with Crippen LogP contribution in [0.25, 0.3) is 0 Å². The fraction of sp³-hybridized carbons (Fsp3) is 0.280. The number of carbonyl (C=O) groups excluding carboxylic acids is 2. The molecular formula is C25H25FN2O4S. The molecule has 0 saturated carbocycles. The number of amides is 2. The van der Waals surface area contributed by atoms with Crippen molar-refractivity contribution < 1.29 is 23.5 Å². The first-order chi connectivity index (χ1) is 15.9. The highest BCUT2D eigenvalue weighted by molar-refractivity contribution is 7.18. The summed E-state index contributed by atoms with van der Waals surface area (Å²) in [6, 6.07) is 12.7. The molecule has 2 amide bonds. The molecule has 6 nitrogen and oxygen atoms in total. The average Bonchev–Trinajstić information content (AvgIpc) is 3.44. The van der Waals surface area contributed by atoms with Crippen LogP contribution in [0.15, 0.2) is 48.5 Å². The van der Waals surface area contributed by atoms with E-state index in [4.69, 9.17) is 9.47 Å². The second-order valence-corrected chi connectivity index (χ2v) is 8.90. The summed E-state index contributed by atoms with van der Waals surface area (Å²) in [4.78, 5) is 28.4. The lowest BCUT2D eigenvalue weighted by Crippen LogP contribution is -2.30. The Hall–Kier alpha value is -3.39. The molecule has 8 heteroatoms. The molecule has 0 spiro atoms. The SMILES string of the molecule is COc1ccc(OC)c(C2CCCN2C(=O)c2sc(NC(=O)c3cccc(F)c3)cc2C)c1. The summed E-state index contributed by atoms with van der Waals surface area (Å²) in [5, 5.41) is 3.32. The normalized spacial score (nSPS) is 15.4. The van der Waals surface area contributed by atoms with Gasteiger partial charge in [0, 0.05) is 17.7 Å². The van der Waals surface area contributed by atoms with Crippen LogP contribution >= 0.6 is 11.3 Å². The van der Waals surface area contributed by atoms with Gasteiger partial charge in [-0.2, -0.15) is 0 Å². The fourth-order valence-corrected chi connectivity index (χ4v) is 5.16. The van der Waals surface area contributed by atoms with E-state index in [2.05, 4.69) is 5.32 Å². The van der Waals surface area contributed by atoms with Crippen molar-refractivity contribution in [3.05, 3.63) is 75.9 Å². The monoisotopic (exact) mass is 468 g/mol. The van der Waals surface area contributed by atoms with Gasteiger partial charge in [0.25, 0.3) is 11.8 Å². The minimum Gasteiger partial charge on any atom is -0.497 e. The number of halogens is 1. The third kappa shape index (κ3) is 4.71. The van der Waals surface area contributed by atoms with E-state index in [0.29, 0.717) is 27.9 Å². The zero-order valence-corrected chi connectivity index (χ0v) is 19.5. The van der Waals surface area contributed by atoms with Crippen molar-refractivity contribution in [1.82, 2.24) is 4.90 Å². The Bertz CT molecular complexity index is 1190. The number of nitrogens with zero attached hydrogens (tertiary/aromatic N) is 1. The number of rotatable bonds is 6. The topological polar surface area (TPSA) is 67.9 Å². The number of hydrogen-bond donors (Lipinski definition) is 1. The van der Waals surface area contributed by atoms with E-state index in [1.165, 1.54) is 29.5 Å². The van der Waals surface area contributed by atoms with E-state index in [0.717, 1.165) is 24.0 Å². The minimum absolute atomic E-state index is 0.0869. The Labute approximate surface area is 195 Å². The predicted molar refractivity (Wildman–Crippen MR) is 126 cm³/mol. The molecule has 0 aliphatic carbocycles. The van der Waals surface area contributed by atoms with Gasteiger partial charge >= 0.3 is 0 Å². The molecule has 1 N–H and O–H groups in total.